The fourth-order valence-corrected chi connectivity index (χ4v) is 2.41. The van der Waals surface area contributed by atoms with E-state index in [0.29, 0.717) is 17.9 Å². The second kappa shape index (κ2) is 6.57. The highest BCUT2D eigenvalue weighted by molar-refractivity contribution is 5.93. The Balaban J connectivity index is 1.72. The summed E-state index contributed by atoms with van der Waals surface area (Å²) in [6.07, 6.45) is 1.85. The second-order valence-corrected chi connectivity index (χ2v) is 5.54. The molecule has 2 aromatic heterocycles. The number of ether oxygens (including phenoxy) is 1. The number of benzene rings is 1. The number of H-pyrrole nitrogens is 1. The summed E-state index contributed by atoms with van der Waals surface area (Å²) in [6.45, 7) is 0.441. The molecule has 0 aliphatic heterocycles. The van der Waals surface area contributed by atoms with Crippen molar-refractivity contribution in [3.63, 3.8) is 0 Å². The molecule has 124 valence electrons. The van der Waals surface area contributed by atoms with Crippen molar-refractivity contribution >= 4 is 5.91 Å². The number of hydrogen-bond donors (Lipinski definition) is 1. The summed E-state index contributed by atoms with van der Waals surface area (Å²) in [5.41, 5.74) is 2.91. The maximum Gasteiger partial charge on any atom is 0.271 e. The molecule has 0 radical (unpaired) electrons. The molecule has 2 heterocycles. The van der Waals surface area contributed by atoms with E-state index in [9.17, 15) is 4.79 Å². The Morgan fingerprint density at radius 1 is 1.29 bits per heavy atom. The van der Waals surface area contributed by atoms with Crippen LogP contribution in [0.1, 0.15) is 16.2 Å². The summed E-state index contributed by atoms with van der Waals surface area (Å²) >= 11 is 0. The smallest absolute Gasteiger partial charge is 0.271 e. The lowest BCUT2D eigenvalue weighted by Crippen LogP contribution is -2.26. The van der Waals surface area contributed by atoms with Crippen LogP contribution < -0.4 is 4.74 Å². The number of methoxy groups -OCH3 is 1. The summed E-state index contributed by atoms with van der Waals surface area (Å²) in [4.78, 5) is 14.1. The Labute approximate surface area is 139 Å². The van der Waals surface area contributed by atoms with Gasteiger partial charge in [0.15, 0.2) is 0 Å². The van der Waals surface area contributed by atoms with Crippen LogP contribution in [0.4, 0.5) is 0 Å². The quantitative estimate of drug-likeness (QED) is 0.779. The molecule has 0 spiro atoms. The highest BCUT2D eigenvalue weighted by Gasteiger charge is 2.16. The summed E-state index contributed by atoms with van der Waals surface area (Å²) in [5, 5.41) is 11.3. The number of amides is 1. The molecule has 0 atom stereocenters. The lowest BCUT2D eigenvalue weighted by molar-refractivity contribution is 0.0777. The summed E-state index contributed by atoms with van der Waals surface area (Å²) < 4.78 is 6.86. The van der Waals surface area contributed by atoms with E-state index >= 15 is 0 Å². The first-order valence-corrected chi connectivity index (χ1v) is 7.50. The molecule has 1 aromatic carbocycles. The molecular formula is C17H19N5O2. The van der Waals surface area contributed by atoms with Crippen molar-refractivity contribution in [1.29, 1.82) is 0 Å². The van der Waals surface area contributed by atoms with Crippen LogP contribution in [0.5, 0.6) is 5.75 Å². The monoisotopic (exact) mass is 325 g/mol. The lowest BCUT2D eigenvalue weighted by atomic mass is 10.1. The number of carbonyl (C=O) groups is 1. The van der Waals surface area contributed by atoms with E-state index < -0.39 is 0 Å². The molecule has 0 unspecified atom stereocenters. The van der Waals surface area contributed by atoms with E-state index in [2.05, 4.69) is 15.3 Å². The molecular weight excluding hydrogens is 306 g/mol. The molecule has 0 saturated carbocycles. The first kappa shape index (κ1) is 15.8. The van der Waals surface area contributed by atoms with Gasteiger partial charge in [0.25, 0.3) is 5.91 Å². The average Bonchev–Trinajstić information content (AvgIpc) is 3.23. The van der Waals surface area contributed by atoms with E-state index in [0.717, 1.165) is 17.0 Å². The third-order valence-electron chi connectivity index (χ3n) is 3.71. The average molecular weight is 325 g/mol. The Hall–Kier alpha value is -3.09. The number of carbonyl (C=O) groups excluding carboxylic acids is 1. The normalized spacial score (nSPS) is 10.6. The molecule has 0 aliphatic carbocycles. The van der Waals surface area contributed by atoms with Crippen molar-refractivity contribution < 1.29 is 9.53 Å². The molecule has 24 heavy (non-hydrogen) atoms. The Morgan fingerprint density at radius 3 is 2.67 bits per heavy atom. The van der Waals surface area contributed by atoms with E-state index in [-0.39, 0.29) is 5.91 Å². The van der Waals surface area contributed by atoms with Crippen molar-refractivity contribution in [1.82, 2.24) is 24.9 Å². The number of hydrogen-bond acceptors (Lipinski definition) is 4. The number of nitrogens with one attached hydrogen (secondary N) is 1. The van der Waals surface area contributed by atoms with Crippen LogP contribution >= 0.6 is 0 Å². The molecule has 7 nitrogen and oxygen atoms in total. The van der Waals surface area contributed by atoms with Gasteiger partial charge in [-0.1, -0.05) is 0 Å². The van der Waals surface area contributed by atoms with Crippen molar-refractivity contribution in [2.45, 2.75) is 6.54 Å². The van der Waals surface area contributed by atoms with Gasteiger partial charge in [0.2, 0.25) is 0 Å². The van der Waals surface area contributed by atoms with Crippen molar-refractivity contribution in [3.8, 4) is 17.0 Å². The van der Waals surface area contributed by atoms with Crippen LogP contribution in [-0.2, 0) is 13.6 Å². The summed E-state index contributed by atoms with van der Waals surface area (Å²) in [6, 6.07) is 11.2. The number of nitrogens with zero attached hydrogens (tertiary/aromatic N) is 4. The topological polar surface area (TPSA) is 76.0 Å². The summed E-state index contributed by atoms with van der Waals surface area (Å²) in [5.74, 6) is 0.647. The van der Waals surface area contributed by atoms with Crippen molar-refractivity contribution in [2.75, 3.05) is 14.2 Å². The molecule has 0 bridgehead atoms. The number of aryl methyl sites for hydroxylation is 1. The Bertz CT molecular complexity index is 835. The minimum absolute atomic E-state index is 0.132. The molecule has 0 fully saturated rings. The lowest BCUT2D eigenvalue weighted by Gasteiger charge is -2.14. The Morgan fingerprint density at radius 2 is 2.04 bits per heavy atom. The fourth-order valence-electron chi connectivity index (χ4n) is 2.41. The highest BCUT2D eigenvalue weighted by atomic mass is 16.5. The van der Waals surface area contributed by atoms with Gasteiger partial charge in [0.05, 0.1) is 25.0 Å². The zero-order chi connectivity index (χ0) is 17.1. The first-order chi connectivity index (χ1) is 11.6. The molecule has 7 heteroatoms. The first-order valence-electron chi connectivity index (χ1n) is 7.50. The van der Waals surface area contributed by atoms with Crippen LogP contribution in [0, 0.1) is 0 Å². The van der Waals surface area contributed by atoms with Gasteiger partial charge in [-0.3, -0.25) is 14.6 Å². The van der Waals surface area contributed by atoms with Crippen LogP contribution in [-0.4, -0.2) is 44.9 Å². The Kier molecular flexibility index (Phi) is 4.33. The van der Waals surface area contributed by atoms with Gasteiger partial charge in [-0.25, -0.2) is 0 Å². The minimum atomic E-state index is -0.132. The largest absolute Gasteiger partial charge is 0.497 e. The second-order valence-electron chi connectivity index (χ2n) is 5.54. The third-order valence-corrected chi connectivity index (χ3v) is 3.71. The predicted molar refractivity (Wildman–Crippen MR) is 89.6 cm³/mol. The van der Waals surface area contributed by atoms with Gasteiger partial charge in [-0.2, -0.15) is 10.2 Å². The van der Waals surface area contributed by atoms with Crippen molar-refractivity contribution in [2.24, 2.45) is 7.05 Å². The molecule has 1 N–H and O–H groups in total. The van der Waals surface area contributed by atoms with Gasteiger partial charge < -0.3 is 9.64 Å². The standard InChI is InChI=1S/C17H19N5O2/c1-21(11-13-8-9-22(2)20-13)17(23)16-10-15(18-19-16)12-4-6-14(24-3)7-5-12/h4-10H,11H2,1-3H3,(H,18,19). The maximum atomic E-state index is 12.5. The molecule has 3 rings (SSSR count). The van der Waals surface area contributed by atoms with Gasteiger partial charge in [-0.05, 0) is 36.4 Å². The van der Waals surface area contributed by atoms with Gasteiger partial charge >= 0.3 is 0 Å². The van der Waals surface area contributed by atoms with E-state index in [1.807, 2.05) is 43.6 Å². The van der Waals surface area contributed by atoms with Crippen LogP contribution in [0.2, 0.25) is 0 Å². The maximum absolute atomic E-state index is 12.5. The van der Waals surface area contributed by atoms with E-state index in [1.54, 1.807) is 29.8 Å². The number of rotatable bonds is 5. The summed E-state index contributed by atoms with van der Waals surface area (Å²) in [7, 11) is 5.21. The van der Waals surface area contributed by atoms with Crippen LogP contribution in [0.25, 0.3) is 11.3 Å². The highest BCUT2D eigenvalue weighted by Crippen LogP contribution is 2.21. The van der Waals surface area contributed by atoms with Crippen molar-refractivity contribution in [3.05, 3.63) is 54.0 Å². The van der Waals surface area contributed by atoms with Crippen LogP contribution in [0.3, 0.4) is 0 Å². The zero-order valence-electron chi connectivity index (χ0n) is 13.9. The van der Waals surface area contributed by atoms with Gasteiger partial charge in [0, 0.05) is 25.9 Å². The third kappa shape index (κ3) is 3.29. The molecule has 0 aliphatic rings. The van der Waals surface area contributed by atoms with Gasteiger partial charge in [0.1, 0.15) is 11.4 Å². The molecule has 0 saturated heterocycles. The van der Waals surface area contributed by atoms with E-state index in [1.165, 1.54) is 0 Å². The fraction of sp³-hybridized carbons (Fsp3) is 0.235. The SMILES string of the molecule is COc1ccc(-c2cc(C(=O)N(C)Cc3ccn(C)n3)[nH]n2)cc1. The molecule has 3 aromatic rings. The van der Waals surface area contributed by atoms with E-state index in [4.69, 9.17) is 4.74 Å². The van der Waals surface area contributed by atoms with Gasteiger partial charge in [-0.15, -0.1) is 0 Å². The van der Waals surface area contributed by atoms with Crippen LogP contribution in [0.15, 0.2) is 42.6 Å². The predicted octanol–water partition coefficient (Wildman–Crippen LogP) is 2.09. The minimum Gasteiger partial charge on any atom is -0.497 e. The number of aromatic amines is 1. The number of aromatic nitrogens is 4. The molecule has 1 amide bonds. The zero-order valence-corrected chi connectivity index (χ0v) is 13.9.